The quantitative estimate of drug-likeness (QED) is 0.604. The molecule has 0 radical (unpaired) electrons. The molecule has 0 aliphatic rings. The molecule has 0 fully saturated rings. The predicted molar refractivity (Wildman–Crippen MR) is 94.4 cm³/mol. The van der Waals surface area contributed by atoms with E-state index in [0.29, 0.717) is 22.6 Å². The van der Waals surface area contributed by atoms with Crippen LogP contribution in [0.2, 0.25) is 0 Å². The van der Waals surface area contributed by atoms with Gasteiger partial charge in [0.15, 0.2) is 5.65 Å². The number of H-pyrrole nitrogens is 1. The molecule has 0 spiro atoms. The Labute approximate surface area is 143 Å². The molecule has 3 aromatic heterocycles. The van der Waals surface area contributed by atoms with Crippen molar-refractivity contribution in [3.63, 3.8) is 0 Å². The molecule has 0 unspecified atom stereocenters. The maximum absolute atomic E-state index is 12.7. The molecular weight excluding hydrogens is 316 g/mol. The number of nitrogens with zero attached hydrogens (tertiary/aromatic N) is 4. The molecule has 2 N–H and O–H groups in total. The molecule has 4 aromatic rings. The lowest BCUT2D eigenvalue weighted by atomic mass is 10.0. The molecule has 124 valence electrons. The van der Waals surface area contributed by atoms with E-state index in [-0.39, 0.29) is 5.91 Å². The number of aryl methyl sites for hydroxylation is 2. The standard InChI is InChI=1S/C18H16N6O/c1-11-6-12(2)8-13(7-11)16-15(10-20-23-16)22-18(25)14-9-21-24-5-3-4-19-17(14)24/h3-10H,1-2H3,(H,20,23)(H,22,25). The monoisotopic (exact) mass is 332 g/mol. The maximum atomic E-state index is 12.7. The van der Waals surface area contributed by atoms with E-state index >= 15 is 0 Å². The fraction of sp³-hybridized carbons (Fsp3) is 0.111. The van der Waals surface area contributed by atoms with Gasteiger partial charge in [-0.25, -0.2) is 9.50 Å². The first-order valence-corrected chi connectivity index (χ1v) is 7.84. The van der Waals surface area contributed by atoms with Gasteiger partial charge in [-0.15, -0.1) is 0 Å². The lowest BCUT2D eigenvalue weighted by Crippen LogP contribution is -2.12. The van der Waals surface area contributed by atoms with E-state index < -0.39 is 0 Å². The number of aromatic nitrogens is 5. The van der Waals surface area contributed by atoms with Crippen LogP contribution >= 0.6 is 0 Å². The lowest BCUT2D eigenvalue weighted by Gasteiger charge is -2.06. The molecule has 7 heteroatoms. The van der Waals surface area contributed by atoms with E-state index in [1.807, 2.05) is 26.0 Å². The van der Waals surface area contributed by atoms with Gasteiger partial charge in [0.05, 0.1) is 11.9 Å². The minimum Gasteiger partial charge on any atom is -0.319 e. The van der Waals surface area contributed by atoms with Crippen molar-refractivity contribution < 1.29 is 4.79 Å². The number of anilines is 1. The van der Waals surface area contributed by atoms with E-state index in [0.717, 1.165) is 16.7 Å². The van der Waals surface area contributed by atoms with Crippen molar-refractivity contribution in [2.75, 3.05) is 5.32 Å². The fourth-order valence-corrected chi connectivity index (χ4v) is 2.89. The molecule has 1 amide bonds. The number of rotatable bonds is 3. The summed E-state index contributed by atoms with van der Waals surface area (Å²) in [5, 5.41) is 14.2. The number of nitrogens with one attached hydrogen (secondary N) is 2. The zero-order valence-corrected chi connectivity index (χ0v) is 13.8. The fourth-order valence-electron chi connectivity index (χ4n) is 2.89. The van der Waals surface area contributed by atoms with Crippen LogP contribution in [-0.4, -0.2) is 30.7 Å². The topological polar surface area (TPSA) is 88.0 Å². The van der Waals surface area contributed by atoms with Crippen LogP contribution < -0.4 is 5.32 Å². The lowest BCUT2D eigenvalue weighted by molar-refractivity contribution is 0.102. The molecule has 1 aromatic carbocycles. The molecule has 0 atom stereocenters. The number of hydrogen-bond acceptors (Lipinski definition) is 4. The molecule has 0 saturated carbocycles. The van der Waals surface area contributed by atoms with Gasteiger partial charge in [0, 0.05) is 24.2 Å². The molecule has 0 aliphatic heterocycles. The van der Waals surface area contributed by atoms with Gasteiger partial charge in [-0.05, 0) is 32.0 Å². The average Bonchev–Trinajstić information content (AvgIpc) is 3.20. The number of benzene rings is 1. The Bertz CT molecular complexity index is 1060. The van der Waals surface area contributed by atoms with Gasteiger partial charge >= 0.3 is 0 Å². The van der Waals surface area contributed by atoms with Crippen LogP contribution in [0.5, 0.6) is 0 Å². The van der Waals surface area contributed by atoms with Gasteiger partial charge in [-0.1, -0.05) is 17.2 Å². The van der Waals surface area contributed by atoms with E-state index in [4.69, 9.17) is 0 Å². The highest BCUT2D eigenvalue weighted by Gasteiger charge is 2.17. The van der Waals surface area contributed by atoms with Gasteiger partial charge in [0.2, 0.25) is 0 Å². The Kier molecular flexibility index (Phi) is 3.53. The number of carbonyl (C=O) groups excluding carboxylic acids is 1. The summed E-state index contributed by atoms with van der Waals surface area (Å²) in [5.74, 6) is -0.277. The summed E-state index contributed by atoms with van der Waals surface area (Å²) in [6.45, 7) is 4.07. The third kappa shape index (κ3) is 2.76. The Morgan fingerprint density at radius 1 is 1.20 bits per heavy atom. The Morgan fingerprint density at radius 2 is 2.00 bits per heavy atom. The summed E-state index contributed by atoms with van der Waals surface area (Å²) < 4.78 is 1.56. The summed E-state index contributed by atoms with van der Waals surface area (Å²) in [6.07, 6.45) is 6.56. The SMILES string of the molecule is Cc1cc(C)cc(-c2n[nH]cc2NC(=O)c2cnn3cccnc23)c1. The summed E-state index contributed by atoms with van der Waals surface area (Å²) in [6, 6.07) is 7.93. The number of aromatic amines is 1. The van der Waals surface area contributed by atoms with Crippen LogP contribution in [0.1, 0.15) is 21.5 Å². The molecule has 0 aliphatic carbocycles. The van der Waals surface area contributed by atoms with Gasteiger partial charge in [0.25, 0.3) is 5.91 Å². The zero-order chi connectivity index (χ0) is 17.4. The Balaban J connectivity index is 1.68. The highest BCUT2D eigenvalue weighted by molar-refractivity contribution is 6.09. The molecule has 25 heavy (non-hydrogen) atoms. The Hall–Kier alpha value is -3.48. The minimum absolute atomic E-state index is 0.277. The first-order chi connectivity index (χ1) is 12.1. The smallest absolute Gasteiger partial charge is 0.261 e. The normalized spacial score (nSPS) is 11.0. The summed E-state index contributed by atoms with van der Waals surface area (Å²) >= 11 is 0. The van der Waals surface area contributed by atoms with Crippen LogP contribution in [0.3, 0.4) is 0 Å². The summed E-state index contributed by atoms with van der Waals surface area (Å²) in [5.41, 5.74) is 5.47. The second-order valence-electron chi connectivity index (χ2n) is 5.92. The van der Waals surface area contributed by atoms with Crippen molar-refractivity contribution in [1.29, 1.82) is 0 Å². The van der Waals surface area contributed by atoms with Gasteiger partial charge < -0.3 is 5.32 Å². The second kappa shape index (κ2) is 5.86. The van der Waals surface area contributed by atoms with Gasteiger partial charge in [-0.3, -0.25) is 9.89 Å². The number of carbonyl (C=O) groups is 1. The molecule has 0 bridgehead atoms. The van der Waals surface area contributed by atoms with Crippen molar-refractivity contribution in [3.8, 4) is 11.3 Å². The first kappa shape index (κ1) is 15.1. The van der Waals surface area contributed by atoms with Crippen molar-refractivity contribution in [2.45, 2.75) is 13.8 Å². The average molecular weight is 332 g/mol. The highest BCUT2D eigenvalue weighted by Crippen LogP contribution is 2.27. The molecular formula is C18H16N6O. The van der Waals surface area contributed by atoms with Crippen LogP contribution in [0.4, 0.5) is 5.69 Å². The Morgan fingerprint density at radius 3 is 2.80 bits per heavy atom. The number of fused-ring (bicyclic) bond motifs is 1. The molecule has 0 saturated heterocycles. The zero-order valence-electron chi connectivity index (χ0n) is 13.8. The van der Waals surface area contributed by atoms with Crippen LogP contribution in [0.25, 0.3) is 16.9 Å². The van der Waals surface area contributed by atoms with Gasteiger partial charge in [-0.2, -0.15) is 10.2 Å². The highest BCUT2D eigenvalue weighted by atomic mass is 16.1. The molecule has 7 nitrogen and oxygen atoms in total. The van der Waals surface area contributed by atoms with Gasteiger partial charge in [0.1, 0.15) is 11.3 Å². The number of hydrogen-bond donors (Lipinski definition) is 2. The van der Waals surface area contributed by atoms with E-state index in [9.17, 15) is 4.79 Å². The van der Waals surface area contributed by atoms with Crippen molar-refractivity contribution in [1.82, 2.24) is 24.8 Å². The maximum Gasteiger partial charge on any atom is 0.261 e. The first-order valence-electron chi connectivity index (χ1n) is 7.84. The van der Waals surface area contributed by atoms with Crippen LogP contribution in [0, 0.1) is 13.8 Å². The third-order valence-corrected chi connectivity index (χ3v) is 3.91. The van der Waals surface area contributed by atoms with E-state index in [1.165, 1.54) is 6.20 Å². The number of amides is 1. The van der Waals surface area contributed by atoms with E-state index in [1.54, 1.807) is 29.2 Å². The van der Waals surface area contributed by atoms with Crippen LogP contribution in [-0.2, 0) is 0 Å². The third-order valence-electron chi connectivity index (χ3n) is 3.91. The van der Waals surface area contributed by atoms with Crippen molar-refractivity contribution >= 4 is 17.2 Å². The largest absolute Gasteiger partial charge is 0.319 e. The second-order valence-corrected chi connectivity index (χ2v) is 5.92. The van der Waals surface area contributed by atoms with Crippen molar-refractivity contribution in [3.05, 3.63) is 65.7 Å². The van der Waals surface area contributed by atoms with Crippen molar-refractivity contribution in [2.24, 2.45) is 0 Å². The summed E-state index contributed by atoms with van der Waals surface area (Å²) in [7, 11) is 0. The summed E-state index contributed by atoms with van der Waals surface area (Å²) in [4.78, 5) is 16.9. The predicted octanol–water partition coefficient (Wildman–Crippen LogP) is 2.99. The van der Waals surface area contributed by atoms with Crippen LogP contribution in [0.15, 0.2) is 49.1 Å². The molecule has 3 heterocycles. The van der Waals surface area contributed by atoms with E-state index in [2.05, 4.69) is 31.7 Å². The molecule has 4 rings (SSSR count). The minimum atomic E-state index is -0.277.